The van der Waals surface area contributed by atoms with E-state index in [1.807, 2.05) is 7.05 Å². The average Bonchev–Trinajstić information content (AvgIpc) is 2.85. The Kier molecular flexibility index (Phi) is 4.31. The van der Waals surface area contributed by atoms with E-state index in [-0.39, 0.29) is 29.6 Å². The number of nitrogens with zero attached hydrogens (tertiary/aromatic N) is 1. The van der Waals surface area contributed by atoms with E-state index in [2.05, 4.69) is 10.2 Å². The Balaban J connectivity index is 1.79. The minimum absolute atomic E-state index is 0.0138. The van der Waals surface area contributed by atoms with Gasteiger partial charge < -0.3 is 14.8 Å². The van der Waals surface area contributed by atoms with Gasteiger partial charge in [-0.15, -0.1) is 0 Å². The molecule has 22 heavy (non-hydrogen) atoms. The molecule has 6 heteroatoms. The number of halogens is 1. The minimum atomic E-state index is -0.274. The van der Waals surface area contributed by atoms with Gasteiger partial charge in [0, 0.05) is 37.7 Å². The van der Waals surface area contributed by atoms with Crippen molar-refractivity contribution in [1.29, 1.82) is 0 Å². The normalized spacial score (nSPS) is 27.0. The van der Waals surface area contributed by atoms with Gasteiger partial charge in [0.25, 0.3) is 0 Å². The number of carbonyl (C=O) groups excluding carboxylic acids is 1. The quantitative estimate of drug-likeness (QED) is 0.849. The van der Waals surface area contributed by atoms with Crippen LogP contribution < -0.4 is 10.1 Å². The lowest BCUT2D eigenvalue weighted by Crippen LogP contribution is -2.39. The highest BCUT2D eigenvalue weighted by Gasteiger charge is 2.47. The topological polar surface area (TPSA) is 50.8 Å². The Bertz CT molecular complexity index is 566. The van der Waals surface area contributed by atoms with Crippen molar-refractivity contribution in [3.63, 3.8) is 0 Å². The first-order valence-corrected chi connectivity index (χ1v) is 7.51. The number of fused-ring (bicyclic) bond motifs is 3. The van der Waals surface area contributed by atoms with Gasteiger partial charge in [0.2, 0.25) is 5.91 Å². The molecule has 5 nitrogen and oxygen atoms in total. The van der Waals surface area contributed by atoms with Crippen molar-refractivity contribution in [3.05, 3.63) is 29.6 Å². The van der Waals surface area contributed by atoms with Gasteiger partial charge in [0.05, 0.1) is 19.1 Å². The van der Waals surface area contributed by atoms with Crippen LogP contribution in [0, 0.1) is 17.7 Å². The van der Waals surface area contributed by atoms with Crippen LogP contribution in [0.25, 0.3) is 0 Å². The number of hydrogen-bond donors (Lipinski definition) is 1. The zero-order valence-corrected chi connectivity index (χ0v) is 12.8. The molecule has 0 spiro atoms. The van der Waals surface area contributed by atoms with Crippen molar-refractivity contribution < 1.29 is 18.7 Å². The van der Waals surface area contributed by atoms with Gasteiger partial charge in [-0.25, -0.2) is 4.39 Å². The van der Waals surface area contributed by atoms with E-state index >= 15 is 0 Å². The SMILES string of the molecule is COCCNC(=O)[C@@H]1CN(C)[C@H]2c3cc(F)ccc3OC[C@@H]12. The zero-order valence-electron chi connectivity index (χ0n) is 12.8. The van der Waals surface area contributed by atoms with E-state index < -0.39 is 0 Å². The van der Waals surface area contributed by atoms with Crippen LogP contribution in [0.15, 0.2) is 18.2 Å². The molecule has 2 aliphatic rings. The fourth-order valence-corrected chi connectivity index (χ4v) is 3.53. The molecule has 0 saturated carbocycles. The second-order valence-corrected chi connectivity index (χ2v) is 5.93. The molecule has 0 unspecified atom stereocenters. The van der Waals surface area contributed by atoms with Crippen LogP contribution in [0.5, 0.6) is 5.75 Å². The monoisotopic (exact) mass is 308 g/mol. The maximum Gasteiger partial charge on any atom is 0.224 e. The van der Waals surface area contributed by atoms with Gasteiger partial charge in [-0.3, -0.25) is 9.69 Å². The summed E-state index contributed by atoms with van der Waals surface area (Å²) in [5.74, 6) is 0.351. The summed E-state index contributed by atoms with van der Waals surface area (Å²) in [5.41, 5.74) is 0.839. The molecule has 0 aliphatic carbocycles. The van der Waals surface area contributed by atoms with Crippen molar-refractivity contribution in [3.8, 4) is 5.75 Å². The fraction of sp³-hybridized carbons (Fsp3) is 0.562. The average molecular weight is 308 g/mol. The third-order valence-electron chi connectivity index (χ3n) is 4.55. The summed E-state index contributed by atoms with van der Waals surface area (Å²) in [6, 6.07) is 4.62. The summed E-state index contributed by atoms with van der Waals surface area (Å²) in [6.07, 6.45) is 0. The molecule has 0 aromatic heterocycles. The van der Waals surface area contributed by atoms with Gasteiger partial charge >= 0.3 is 0 Å². The van der Waals surface area contributed by atoms with Crippen LogP contribution in [-0.4, -0.2) is 51.3 Å². The Morgan fingerprint density at radius 1 is 1.55 bits per heavy atom. The summed E-state index contributed by atoms with van der Waals surface area (Å²) >= 11 is 0. The van der Waals surface area contributed by atoms with Crippen LogP contribution in [0.3, 0.4) is 0 Å². The van der Waals surface area contributed by atoms with Crippen LogP contribution in [-0.2, 0) is 9.53 Å². The molecular formula is C16H21FN2O3. The summed E-state index contributed by atoms with van der Waals surface area (Å²) in [4.78, 5) is 14.5. The molecule has 120 valence electrons. The van der Waals surface area contributed by atoms with Crippen molar-refractivity contribution in [2.45, 2.75) is 6.04 Å². The first-order chi connectivity index (χ1) is 10.6. The van der Waals surface area contributed by atoms with Gasteiger partial charge in [0.1, 0.15) is 11.6 Å². The molecule has 1 saturated heterocycles. The predicted molar refractivity (Wildman–Crippen MR) is 79.1 cm³/mol. The molecular weight excluding hydrogens is 287 g/mol. The van der Waals surface area contributed by atoms with Gasteiger partial charge in [-0.2, -0.15) is 0 Å². The van der Waals surface area contributed by atoms with Crippen LogP contribution in [0.1, 0.15) is 11.6 Å². The number of hydrogen-bond acceptors (Lipinski definition) is 4. The number of nitrogens with one attached hydrogen (secondary N) is 1. The number of likely N-dealkylation sites (tertiary alicyclic amines) is 1. The lowest BCUT2D eigenvalue weighted by atomic mass is 9.85. The molecule has 3 atom stereocenters. The molecule has 2 heterocycles. The summed E-state index contributed by atoms with van der Waals surface area (Å²) in [7, 11) is 3.58. The maximum absolute atomic E-state index is 13.6. The highest BCUT2D eigenvalue weighted by Crippen LogP contribution is 2.46. The first-order valence-electron chi connectivity index (χ1n) is 7.51. The van der Waals surface area contributed by atoms with Crippen LogP contribution in [0.4, 0.5) is 4.39 Å². The lowest BCUT2D eigenvalue weighted by molar-refractivity contribution is -0.126. The predicted octanol–water partition coefficient (Wildman–Crippen LogP) is 1.20. The lowest BCUT2D eigenvalue weighted by Gasteiger charge is -2.33. The van der Waals surface area contributed by atoms with Gasteiger partial charge in [-0.05, 0) is 25.2 Å². The highest BCUT2D eigenvalue weighted by molar-refractivity contribution is 5.80. The van der Waals surface area contributed by atoms with Crippen molar-refractivity contribution in [2.75, 3.05) is 40.5 Å². The number of amides is 1. The maximum atomic E-state index is 13.6. The molecule has 1 aromatic rings. The minimum Gasteiger partial charge on any atom is -0.493 e. The van der Waals surface area contributed by atoms with Crippen molar-refractivity contribution in [2.24, 2.45) is 11.8 Å². The fourth-order valence-electron chi connectivity index (χ4n) is 3.53. The molecule has 1 N–H and O–H groups in total. The number of methoxy groups -OCH3 is 1. The number of rotatable bonds is 4. The van der Waals surface area contributed by atoms with E-state index in [1.165, 1.54) is 12.1 Å². The Hall–Kier alpha value is -1.66. The molecule has 0 bridgehead atoms. The van der Waals surface area contributed by atoms with Crippen LogP contribution >= 0.6 is 0 Å². The molecule has 2 aliphatic heterocycles. The van der Waals surface area contributed by atoms with Gasteiger partial charge in [-0.1, -0.05) is 0 Å². The summed E-state index contributed by atoms with van der Waals surface area (Å²) in [5, 5.41) is 2.89. The molecule has 1 aromatic carbocycles. The molecule has 1 amide bonds. The first kappa shape index (κ1) is 15.2. The van der Waals surface area contributed by atoms with E-state index in [1.54, 1.807) is 13.2 Å². The van der Waals surface area contributed by atoms with E-state index in [4.69, 9.17) is 9.47 Å². The number of carbonyl (C=O) groups is 1. The van der Waals surface area contributed by atoms with Gasteiger partial charge in [0.15, 0.2) is 0 Å². The van der Waals surface area contributed by atoms with E-state index in [0.29, 0.717) is 26.3 Å². The van der Waals surface area contributed by atoms with Crippen molar-refractivity contribution in [1.82, 2.24) is 10.2 Å². The number of ether oxygens (including phenoxy) is 2. The molecule has 0 radical (unpaired) electrons. The van der Waals surface area contributed by atoms with Crippen molar-refractivity contribution >= 4 is 5.91 Å². The second kappa shape index (κ2) is 6.22. The largest absolute Gasteiger partial charge is 0.493 e. The van der Waals surface area contributed by atoms with E-state index in [0.717, 1.165) is 11.3 Å². The third-order valence-corrected chi connectivity index (χ3v) is 4.55. The summed E-state index contributed by atoms with van der Waals surface area (Å²) in [6.45, 7) is 2.12. The smallest absolute Gasteiger partial charge is 0.224 e. The highest BCUT2D eigenvalue weighted by atomic mass is 19.1. The summed E-state index contributed by atoms with van der Waals surface area (Å²) < 4.78 is 24.3. The molecule has 1 fully saturated rings. The third kappa shape index (κ3) is 2.68. The number of benzene rings is 1. The Morgan fingerprint density at radius 3 is 3.14 bits per heavy atom. The van der Waals surface area contributed by atoms with Crippen LogP contribution in [0.2, 0.25) is 0 Å². The second-order valence-electron chi connectivity index (χ2n) is 5.93. The standard InChI is InChI=1S/C16H21FN2O3/c1-19-8-12(16(20)18-5-6-21-2)13-9-22-14-4-3-10(17)7-11(14)15(13)19/h3-4,7,12-13,15H,5-6,8-9H2,1-2H3,(H,18,20)/t12-,13+,15+/m1/s1. The molecule has 3 rings (SSSR count). The Morgan fingerprint density at radius 2 is 2.36 bits per heavy atom. The zero-order chi connectivity index (χ0) is 15.7. The Labute approximate surface area is 129 Å². The van der Waals surface area contributed by atoms with E-state index in [9.17, 15) is 9.18 Å².